The fraction of sp³-hybridized carbons (Fsp3) is 0.857. The molecule has 1 aliphatic heterocycles. The molecule has 4 aliphatic carbocycles. The lowest BCUT2D eigenvalue weighted by molar-refractivity contribution is -0.286. The first-order valence-corrected chi connectivity index (χ1v) is 13.7. The van der Waals surface area contributed by atoms with Crippen molar-refractivity contribution in [2.75, 3.05) is 13.2 Å². The fourth-order valence-corrected chi connectivity index (χ4v) is 9.76. The van der Waals surface area contributed by atoms with Gasteiger partial charge in [0.25, 0.3) is 0 Å². The molecule has 0 saturated heterocycles. The Morgan fingerprint density at radius 1 is 1.06 bits per heavy atom. The number of ketones is 1. The molecule has 5 aliphatic rings. The zero-order valence-corrected chi connectivity index (χ0v) is 21.7. The standard InChI is InChI=1S/C28H42O8/c1-14-10-21(36-25(34)17(14)12-29)15(2)18-4-5-19-16-11-24(33)28(35)23(32)7-6-22(31)27(28,13-30)20(16)8-9-26(18,19)3/h15-16,18-21,23-24,29-30,32-33,35H,4-13H2,1-3H3/t15-,16-,18+,19-,20-,21+,23-,24+,26+,27-,28-/m0/s1. The molecule has 0 unspecified atom stereocenters. The highest BCUT2D eigenvalue weighted by atomic mass is 16.5. The van der Waals surface area contributed by atoms with Crippen LogP contribution >= 0.6 is 0 Å². The summed E-state index contributed by atoms with van der Waals surface area (Å²) in [5.41, 5.74) is -2.43. The smallest absolute Gasteiger partial charge is 0.336 e. The van der Waals surface area contributed by atoms with Gasteiger partial charge in [0.15, 0.2) is 0 Å². The molecule has 202 valence electrons. The van der Waals surface area contributed by atoms with Crippen molar-refractivity contribution in [1.82, 2.24) is 0 Å². The minimum atomic E-state index is -2.03. The van der Waals surface area contributed by atoms with E-state index in [4.69, 9.17) is 4.74 Å². The quantitative estimate of drug-likeness (QED) is 0.361. The summed E-state index contributed by atoms with van der Waals surface area (Å²) in [5, 5.41) is 53.8. The second-order valence-corrected chi connectivity index (χ2v) is 12.7. The first-order valence-electron chi connectivity index (χ1n) is 13.7. The van der Waals surface area contributed by atoms with Gasteiger partial charge in [-0.25, -0.2) is 4.79 Å². The number of esters is 1. The van der Waals surface area contributed by atoms with Crippen LogP contribution in [-0.2, 0) is 14.3 Å². The van der Waals surface area contributed by atoms with Crippen molar-refractivity contribution in [2.45, 2.75) is 96.1 Å². The van der Waals surface area contributed by atoms with Gasteiger partial charge in [-0.3, -0.25) is 4.79 Å². The van der Waals surface area contributed by atoms with E-state index in [-0.39, 0.29) is 66.3 Å². The molecule has 5 N–H and O–H groups in total. The molecule has 0 spiro atoms. The van der Waals surface area contributed by atoms with Gasteiger partial charge in [0.2, 0.25) is 0 Å². The number of carbonyl (C=O) groups is 2. The highest BCUT2D eigenvalue weighted by Gasteiger charge is 2.73. The lowest BCUT2D eigenvalue weighted by Crippen LogP contribution is -2.76. The Kier molecular flexibility index (Phi) is 6.48. The van der Waals surface area contributed by atoms with Gasteiger partial charge in [-0.1, -0.05) is 19.4 Å². The van der Waals surface area contributed by atoms with Gasteiger partial charge < -0.3 is 30.3 Å². The molecule has 36 heavy (non-hydrogen) atoms. The minimum absolute atomic E-state index is 0.0471. The number of aliphatic hydroxyl groups excluding tert-OH is 4. The van der Waals surface area contributed by atoms with Crippen LogP contribution in [0.15, 0.2) is 11.1 Å². The number of cyclic esters (lactones) is 1. The van der Waals surface area contributed by atoms with E-state index in [2.05, 4.69) is 13.8 Å². The van der Waals surface area contributed by atoms with Crippen LogP contribution in [0.25, 0.3) is 0 Å². The average molecular weight is 507 g/mol. The molecular weight excluding hydrogens is 464 g/mol. The summed E-state index contributed by atoms with van der Waals surface area (Å²) >= 11 is 0. The average Bonchev–Trinajstić information content (AvgIpc) is 3.19. The molecule has 5 rings (SSSR count). The molecule has 8 nitrogen and oxygen atoms in total. The highest BCUT2D eigenvalue weighted by molar-refractivity contribution is 5.90. The van der Waals surface area contributed by atoms with Crippen LogP contribution in [0, 0.1) is 40.4 Å². The number of aliphatic hydroxyl groups is 5. The van der Waals surface area contributed by atoms with E-state index < -0.39 is 35.8 Å². The number of hydrogen-bond acceptors (Lipinski definition) is 8. The van der Waals surface area contributed by atoms with Gasteiger partial charge in [0.1, 0.15) is 17.5 Å². The maximum absolute atomic E-state index is 13.4. The fourth-order valence-electron chi connectivity index (χ4n) is 9.76. The maximum atomic E-state index is 13.4. The summed E-state index contributed by atoms with van der Waals surface area (Å²) in [6.45, 7) is 5.42. The van der Waals surface area contributed by atoms with Crippen LogP contribution < -0.4 is 0 Å². The van der Waals surface area contributed by atoms with E-state index in [1.165, 1.54) is 0 Å². The monoisotopic (exact) mass is 506 g/mol. The molecule has 0 aromatic rings. The van der Waals surface area contributed by atoms with E-state index in [1.54, 1.807) is 0 Å². The van der Waals surface area contributed by atoms with E-state index >= 15 is 0 Å². The molecule has 0 aromatic heterocycles. The van der Waals surface area contributed by atoms with Crippen molar-refractivity contribution < 1.29 is 39.9 Å². The molecule has 8 heteroatoms. The largest absolute Gasteiger partial charge is 0.458 e. The normalized spacial score (nSPS) is 49.7. The van der Waals surface area contributed by atoms with Crippen LogP contribution in [0.2, 0.25) is 0 Å². The molecule has 0 radical (unpaired) electrons. The molecule has 0 aromatic carbocycles. The Hall–Kier alpha value is -1.32. The van der Waals surface area contributed by atoms with Gasteiger partial charge in [-0.2, -0.15) is 0 Å². The first kappa shape index (κ1) is 26.3. The molecule has 0 bridgehead atoms. The third-order valence-corrected chi connectivity index (χ3v) is 11.7. The number of ether oxygens (including phenoxy) is 1. The molecule has 4 saturated carbocycles. The summed E-state index contributed by atoms with van der Waals surface area (Å²) in [4.78, 5) is 25.9. The lowest BCUT2D eigenvalue weighted by atomic mass is 9.41. The minimum Gasteiger partial charge on any atom is -0.458 e. The van der Waals surface area contributed by atoms with Crippen LogP contribution in [0.5, 0.6) is 0 Å². The Morgan fingerprint density at radius 3 is 2.42 bits per heavy atom. The zero-order valence-electron chi connectivity index (χ0n) is 21.7. The Bertz CT molecular complexity index is 961. The van der Waals surface area contributed by atoms with Crippen LogP contribution in [0.1, 0.15) is 72.1 Å². The zero-order chi connectivity index (χ0) is 26.2. The molecule has 4 fully saturated rings. The summed E-state index contributed by atoms with van der Waals surface area (Å²) in [6.07, 6.45) is 1.60. The van der Waals surface area contributed by atoms with E-state index in [1.807, 2.05) is 6.92 Å². The van der Waals surface area contributed by atoms with Gasteiger partial charge >= 0.3 is 5.97 Å². The summed E-state index contributed by atoms with van der Waals surface area (Å²) in [6, 6.07) is 0. The highest BCUT2D eigenvalue weighted by Crippen LogP contribution is 2.68. The summed E-state index contributed by atoms with van der Waals surface area (Å²) in [7, 11) is 0. The maximum Gasteiger partial charge on any atom is 0.336 e. The molecular formula is C28H42O8. The Balaban J connectivity index is 1.44. The molecule has 0 amide bonds. The van der Waals surface area contributed by atoms with Gasteiger partial charge in [-0.15, -0.1) is 0 Å². The Labute approximate surface area is 212 Å². The summed E-state index contributed by atoms with van der Waals surface area (Å²) < 4.78 is 5.79. The van der Waals surface area contributed by atoms with Crippen molar-refractivity contribution in [2.24, 2.45) is 40.4 Å². The molecule has 11 atom stereocenters. The van der Waals surface area contributed by atoms with Crippen LogP contribution in [-0.4, -0.2) is 74.4 Å². The van der Waals surface area contributed by atoms with Crippen LogP contribution in [0.3, 0.4) is 0 Å². The number of rotatable bonds is 4. The lowest BCUT2D eigenvalue weighted by Gasteiger charge is -2.65. The van der Waals surface area contributed by atoms with Crippen molar-refractivity contribution in [3.05, 3.63) is 11.1 Å². The second-order valence-electron chi connectivity index (χ2n) is 12.7. The second kappa shape index (κ2) is 8.87. The van der Waals surface area contributed by atoms with Gasteiger partial charge in [0.05, 0.1) is 36.4 Å². The topological polar surface area (TPSA) is 145 Å². The first-order chi connectivity index (χ1) is 17.0. The van der Waals surface area contributed by atoms with E-state index in [0.29, 0.717) is 24.8 Å². The van der Waals surface area contributed by atoms with Crippen molar-refractivity contribution in [3.63, 3.8) is 0 Å². The Morgan fingerprint density at radius 2 is 1.78 bits per heavy atom. The van der Waals surface area contributed by atoms with Gasteiger partial charge in [0, 0.05) is 12.8 Å². The number of Topliss-reactive ketones (excluding diaryl/α,β-unsaturated/α-hetero) is 1. The van der Waals surface area contributed by atoms with Crippen LogP contribution in [0.4, 0.5) is 0 Å². The predicted molar refractivity (Wildman–Crippen MR) is 129 cm³/mol. The number of hydrogen-bond donors (Lipinski definition) is 5. The number of fused-ring (bicyclic) bond motifs is 5. The third-order valence-electron chi connectivity index (χ3n) is 11.7. The van der Waals surface area contributed by atoms with Crippen molar-refractivity contribution in [3.8, 4) is 0 Å². The van der Waals surface area contributed by atoms with E-state index in [0.717, 1.165) is 24.8 Å². The number of carbonyl (C=O) groups excluding carboxylic acids is 2. The predicted octanol–water partition coefficient (Wildman–Crippen LogP) is 1.50. The molecule has 1 heterocycles. The summed E-state index contributed by atoms with van der Waals surface area (Å²) in [5.74, 6) is -0.442. The van der Waals surface area contributed by atoms with E-state index in [9.17, 15) is 35.1 Å². The van der Waals surface area contributed by atoms with Crippen molar-refractivity contribution in [1.29, 1.82) is 0 Å². The SMILES string of the molecule is CC1=C(CO)C(=O)O[C@@H]([C@@H](C)[C@H]2CC[C@H]3[C@@H]4C[C@@H](O)[C@@]5(O)[C@@H](O)CCC(=O)[C@]5(CO)[C@H]4CC[C@]23C)C1. The third kappa shape index (κ3) is 3.24. The van der Waals surface area contributed by atoms with Crippen molar-refractivity contribution >= 4 is 11.8 Å². The van der Waals surface area contributed by atoms with Gasteiger partial charge in [-0.05, 0) is 80.5 Å².